The zero-order valence-electron chi connectivity index (χ0n) is 38.1. The van der Waals surface area contributed by atoms with E-state index in [0.717, 1.165) is 16.9 Å². The summed E-state index contributed by atoms with van der Waals surface area (Å²) in [6.45, 7) is 2.68. The molecule has 0 saturated heterocycles. The van der Waals surface area contributed by atoms with Crippen LogP contribution < -0.4 is 20.7 Å². The lowest BCUT2D eigenvalue weighted by Crippen LogP contribution is -2.53. The minimum atomic E-state index is -5.19. The van der Waals surface area contributed by atoms with Gasteiger partial charge in [-0.2, -0.15) is 26.3 Å². The Balaban J connectivity index is 0.00000107. The Morgan fingerprint density at radius 3 is 1.79 bits per heavy atom. The zero-order chi connectivity index (χ0) is 54.3. The third-order valence-corrected chi connectivity index (χ3v) is 10.4. The first-order chi connectivity index (χ1) is 33.0. The number of carboxylic acids is 2. The van der Waals surface area contributed by atoms with Gasteiger partial charge in [0.05, 0.1) is 38.5 Å². The number of aryl methyl sites for hydroxylation is 2. The summed E-state index contributed by atoms with van der Waals surface area (Å²) in [5.41, 5.74) is 8.95. The molecular formula is C40H57F6N9O16. The van der Waals surface area contributed by atoms with Crippen LogP contribution in [0, 0.1) is 0 Å². The van der Waals surface area contributed by atoms with Gasteiger partial charge in [-0.3, -0.25) is 14.5 Å². The second-order valence-corrected chi connectivity index (χ2v) is 15.5. The molecular weight excluding hydrogens is 976 g/mol. The molecule has 0 spiro atoms. The number of alkyl halides is 6. The first kappa shape index (κ1) is 61.3. The smallest absolute Gasteiger partial charge is 0.490 e. The highest BCUT2D eigenvalue weighted by Crippen LogP contribution is 2.20. The molecule has 4 aromatic rings. The van der Waals surface area contributed by atoms with Gasteiger partial charge in [-0.15, -0.1) is 0 Å². The van der Waals surface area contributed by atoms with Crippen LogP contribution in [0.25, 0.3) is 22.2 Å². The van der Waals surface area contributed by atoms with Gasteiger partial charge in [0, 0.05) is 51.1 Å². The largest absolute Gasteiger partial charge is 0.542 e. The van der Waals surface area contributed by atoms with Crippen molar-refractivity contribution >= 4 is 51.8 Å². The van der Waals surface area contributed by atoms with Gasteiger partial charge < -0.3 is 87.0 Å². The number of fused-ring (bicyclic) bond motifs is 2. The van der Waals surface area contributed by atoms with Crippen LogP contribution >= 0.6 is 0 Å². The third-order valence-electron chi connectivity index (χ3n) is 10.4. The molecule has 3 aromatic heterocycles. The lowest BCUT2D eigenvalue weighted by Gasteiger charge is -2.33. The lowest BCUT2D eigenvalue weighted by atomic mass is 10.0. The predicted octanol–water partition coefficient (Wildman–Crippen LogP) is -4.68. The number of aliphatic hydroxyl groups is 10. The number of rotatable bonds is 22. The van der Waals surface area contributed by atoms with Gasteiger partial charge in [-0.05, 0) is 38.5 Å². The standard InChI is InChI=1S/C36H55N9O12.2C2HF3O2/c1-4-44-21-8-7-19(13-22(21)45(5-2)27(44)14-39-35(56)28-33(37)41-34-20(40-28)9-10-38-34)36(57)42(3)11-6-12-43(15-23(48)29(52)31(54)25(50)17-46)16-24(49)30(53)32(55)26(51)18-47;2*3-2(4,5)1(6)7/h7-10,13,23-26,29-32,46-55H,4-6,11-12,14-18H2,1-3H3,(H3-,37,38,39,40,41,56);2*(H,6,7). The number of nitrogen functional groups attached to an aromatic ring is 1. The summed E-state index contributed by atoms with van der Waals surface area (Å²) in [5, 5.41) is 119. The number of aromatic amines is 1. The van der Waals surface area contributed by atoms with Crippen molar-refractivity contribution in [3.05, 3.63) is 47.5 Å². The van der Waals surface area contributed by atoms with Crippen molar-refractivity contribution in [2.45, 2.75) is 101 Å². The van der Waals surface area contributed by atoms with Crippen molar-refractivity contribution in [3.63, 3.8) is 0 Å². The van der Waals surface area contributed by atoms with Crippen molar-refractivity contribution in [2.75, 3.05) is 52.2 Å². The predicted molar refractivity (Wildman–Crippen MR) is 228 cm³/mol. The first-order valence-corrected chi connectivity index (χ1v) is 21.1. The SMILES string of the molecule is CCn1c(CNC(=O)c2nc3cc[nH]c3nc2N)[n+](CC)c2ccc(C(=O)N(C)CCCN(CC(O)C(O)C(O)C(O)CO)CC(O)C(O)C(O)C(O)CO)cc21.O=C(O)C(F)(F)F.O=C([O-])C(F)(F)F. The number of aliphatic carboxylic acids is 2. The average molecular weight is 1030 g/mol. The van der Waals surface area contributed by atoms with Gasteiger partial charge in [0.2, 0.25) is 0 Å². The molecule has 0 fully saturated rings. The number of carboxylic acid groups (broad SMARTS) is 2. The second-order valence-electron chi connectivity index (χ2n) is 15.5. The van der Waals surface area contributed by atoms with Gasteiger partial charge in [-0.1, -0.05) is 0 Å². The number of H-pyrrole nitrogens is 1. The topological polar surface area (TPSA) is 409 Å². The number of hydrogen-bond donors (Lipinski definition) is 14. The number of aromatic nitrogens is 5. The van der Waals surface area contributed by atoms with Gasteiger partial charge >= 0.3 is 18.3 Å². The van der Waals surface area contributed by atoms with Crippen molar-refractivity contribution in [2.24, 2.45) is 0 Å². The third kappa shape index (κ3) is 17.2. The van der Waals surface area contributed by atoms with Crippen LogP contribution in [0.4, 0.5) is 32.2 Å². The Morgan fingerprint density at radius 2 is 1.34 bits per heavy atom. The number of nitrogens with zero attached hydrogens (tertiary/aromatic N) is 6. The molecule has 0 aliphatic heterocycles. The fourth-order valence-electron chi connectivity index (χ4n) is 6.70. The molecule has 25 nitrogen and oxygen atoms in total. The highest BCUT2D eigenvalue weighted by molar-refractivity contribution is 5.98. The number of carbonyl (C=O) groups excluding carboxylic acids is 3. The molecule has 0 saturated carbocycles. The Kier molecular flexibility index (Phi) is 23.4. The van der Waals surface area contributed by atoms with E-state index in [4.69, 9.17) is 35.7 Å². The molecule has 1 aromatic carbocycles. The van der Waals surface area contributed by atoms with E-state index in [2.05, 4.69) is 20.3 Å². The monoisotopic (exact) mass is 1030 g/mol. The van der Waals surface area contributed by atoms with Crippen molar-refractivity contribution in [1.29, 1.82) is 0 Å². The number of amides is 2. The van der Waals surface area contributed by atoms with E-state index >= 15 is 0 Å². The maximum Gasteiger partial charge on any atom is 0.490 e. The van der Waals surface area contributed by atoms with E-state index in [9.17, 15) is 76.8 Å². The van der Waals surface area contributed by atoms with E-state index in [-0.39, 0.29) is 43.5 Å². The summed E-state index contributed by atoms with van der Waals surface area (Å²) < 4.78 is 67.3. The van der Waals surface area contributed by atoms with Crippen LogP contribution in [0.3, 0.4) is 0 Å². The molecule has 0 aliphatic rings. The van der Waals surface area contributed by atoms with Gasteiger partial charge in [0.15, 0.2) is 28.2 Å². The highest BCUT2D eigenvalue weighted by atomic mass is 19.4. The molecule has 71 heavy (non-hydrogen) atoms. The van der Waals surface area contributed by atoms with Crippen LogP contribution in [0.15, 0.2) is 30.5 Å². The molecule has 2 amide bonds. The maximum absolute atomic E-state index is 13.7. The summed E-state index contributed by atoms with van der Waals surface area (Å²) in [5.74, 6) is -5.83. The molecule has 0 aliphatic carbocycles. The molecule has 3 heterocycles. The van der Waals surface area contributed by atoms with Gasteiger partial charge in [0.25, 0.3) is 17.6 Å². The second kappa shape index (κ2) is 27.1. The number of aliphatic hydroxyl groups excluding tert-OH is 10. The summed E-state index contributed by atoms with van der Waals surface area (Å²) in [6, 6.07) is 6.97. The van der Waals surface area contributed by atoms with E-state index in [0.29, 0.717) is 29.8 Å². The van der Waals surface area contributed by atoms with Crippen molar-refractivity contribution in [1.82, 2.24) is 34.6 Å². The quantitative estimate of drug-likeness (QED) is 0.0260. The van der Waals surface area contributed by atoms with E-state index in [1.54, 1.807) is 31.4 Å². The van der Waals surface area contributed by atoms with Crippen LogP contribution in [0.5, 0.6) is 0 Å². The average Bonchev–Trinajstić information content (AvgIpc) is 3.90. The number of benzene rings is 1. The number of halogens is 6. The molecule has 15 N–H and O–H groups in total. The van der Waals surface area contributed by atoms with Crippen LogP contribution in [0.1, 0.15) is 46.9 Å². The molecule has 0 radical (unpaired) electrons. The summed E-state index contributed by atoms with van der Waals surface area (Å²) >= 11 is 0. The summed E-state index contributed by atoms with van der Waals surface area (Å²) in [6.07, 6.45) is -23.0. The highest BCUT2D eigenvalue weighted by Gasteiger charge is 2.38. The van der Waals surface area contributed by atoms with Crippen molar-refractivity contribution in [3.8, 4) is 0 Å². The Hall–Kier alpha value is -5.87. The first-order valence-electron chi connectivity index (χ1n) is 21.1. The minimum absolute atomic E-state index is 0.000687. The Labute approximate surface area is 398 Å². The summed E-state index contributed by atoms with van der Waals surface area (Å²) in [7, 11) is 1.58. The number of imidazole rings is 1. The molecule has 31 heteroatoms. The van der Waals surface area contributed by atoms with Crippen LogP contribution in [-0.4, -0.2) is 217 Å². The normalized spacial score (nSPS) is 15.3. The molecule has 8 atom stereocenters. The molecule has 8 unspecified atom stereocenters. The molecule has 0 bridgehead atoms. The maximum atomic E-state index is 13.7. The number of carbonyl (C=O) groups is 4. The van der Waals surface area contributed by atoms with Gasteiger partial charge in [-0.25, -0.2) is 23.9 Å². The minimum Gasteiger partial charge on any atom is -0.542 e. The van der Waals surface area contributed by atoms with E-state index in [1.807, 2.05) is 29.0 Å². The number of nitrogens with two attached hydrogens (primary N) is 1. The van der Waals surface area contributed by atoms with Crippen LogP contribution in [-0.2, 0) is 29.2 Å². The fourth-order valence-corrected chi connectivity index (χ4v) is 6.70. The van der Waals surface area contributed by atoms with E-state index < -0.39 is 105 Å². The molecule has 4 rings (SSSR count). The van der Waals surface area contributed by atoms with Crippen LogP contribution in [0.2, 0.25) is 0 Å². The number of nitrogens with one attached hydrogen (secondary N) is 2. The Morgan fingerprint density at radius 1 is 0.831 bits per heavy atom. The van der Waals surface area contributed by atoms with Crippen molar-refractivity contribution < 1.29 is 111 Å². The van der Waals surface area contributed by atoms with E-state index in [1.165, 1.54) is 9.80 Å². The Bertz CT molecular complexity index is 2320. The lowest BCUT2D eigenvalue weighted by molar-refractivity contribution is -0.676. The van der Waals surface area contributed by atoms with Gasteiger partial charge in [0.1, 0.15) is 54.7 Å². The fraction of sp³-hybridized carbons (Fsp3) is 0.575. The summed E-state index contributed by atoms with van der Waals surface area (Å²) in [4.78, 5) is 58.8. The molecule has 400 valence electrons. The zero-order valence-corrected chi connectivity index (χ0v) is 38.1. The number of hydrogen-bond acceptors (Lipinski definition) is 19. The number of anilines is 1.